The second-order valence-electron chi connectivity index (χ2n) is 3.38. The number of carbonyl (C=O) groups is 1. The number of hydrogen-bond acceptors (Lipinski definition) is 3. The fourth-order valence-corrected chi connectivity index (χ4v) is 1.52. The Kier molecular flexibility index (Phi) is 3.09. The van der Waals surface area contributed by atoms with E-state index in [1.807, 2.05) is 0 Å². The highest BCUT2D eigenvalue weighted by molar-refractivity contribution is 5.75. The molecule has 0 aliphatic carbocycles. The van der Waals surface area contributed by atoms with Crippen LogP contribution in [0.25, 0.3) is 0 Å². The highest BCUT2D eigenvalue weighted by atomic mass is 16.6. The van der Waals surface area contributed by atoms with E-state index in [0.717, 1.165) is 19.3 Å². The first kappa shape index (κ1) is 9.52. The van der Waals surface area contributed by atoms with Crippen molar-refractivity contribution >= 4 is 5.97 Å². The zero-order chi connectivity index (χ0) is 9.14. The van der Waals surface area contributed by atoms with Gasteiger partial charge in [-0.1, -0.05) is 19.8 Å². The van der Waals surface area contributed by atoms with Crippen molar-refractivity contribution in [1.82, 2.24) is 0 Å². The van der Waals surface area contributed by atoms with Crippen molar-refractivity contribution in [1.29, 1.82) is 0 Å². The molecule has 1 rings (SSSR count). The normalized spacial score (nSPS) is 35.2. The molecule has 1 aliphatic heterocycles. The predicted octanol–water partition coefficient (Wildman–Crippen LogP) is 1.10. The van der Waals surface area contributed by atoms with Crippen molar-refractivity contribution < 1.29 is 14.6 Å². The van der Waals surface area contributed by atoms with Crippen LogP contribution in [0.2, 0.25) is 0 Å². The minimum absolute atomic E-state index is 0.233. The maximum Gasteiger partial charge on any atom is 0.312 e. The van der Waals surface area contributed by atoms with Crippen molar-refractivity contribution in [3.05, 3.63) is 0 Å². The van der Waals surface area contributed by atoms with Crippen LogP contribution in [0.15, 0.2) is 0 Å². The van der Waals surface area contributed by atoms with Gasteiger partial charge in [-0.15, -0.1) is 0 Å². The molecule has 0 aromatic carbocycles. The number of aliphatic hydroxyl groups excluding tert-OH is 1. The molecule has 0 saturated carbocycles. The Balaban J connectivity index is 2.46. The molecule has 0 aromatic heterocycles. The molecule has 0 spiro atoms. The van der Waals surface area contributed by atoms with Crippen LogP contribution in [0.5, 0.6) is 0 Å². The molecule has 1 heterocycles. The third kappa shape index (κ3) is 1.78. The number of cyclic esters (lactones) is 1. The number of ether oxygens (including phenoxy) is 1. The molecule has 70 valence electrons. The van der Waals surface area contributed by atoms with E-state index < -0.39 is 6.10 Å². The van der Waals surface area contributed by atoms with Crippen molar-refractivity contribution in [2.45, 2.75) is 45.3 Å². The third-order valence-corrected chi connectivity index (χ3v) is 2.37. The standard InChI is InChI=1S/C9H16O3/c1-3-4-5-7-8(10)6(2)12-9(7)11/h6-8,10H,3-5H2,1-2H3/t6-,7+,8-/m1/s1. The lowest BCUT2D eigenvalue weighted by Gasteiger charge is -2.10. The van der Waals surface area contributed by atoms with Gasteiger partial charge >= 0.3 is 5.97 Å². The molecular weight excluding hydrogens is 156 g/mol. The van der Waals surface area contributed by atoms with E-state index in [4.69, 9.17) is 4.74 Å². The first-order valence-electron chi connectivity index (χ1n) is 4.55. The number of unbranched alkanes of at least 4 members (excludes halogenated alkanes) is 1. The lowest BCUT2D eigenvalue weighted by Crippen LogP contribution is -2.24. The van der Waals surface area contributed by atoms with E-state index in [9.17, 15) is 9.90 Å². The molecule has 12 heavy (non-hydrogen) atoms. The first-order valence-corrected chi connectivity index (χ1v) is 4.55. The van der Waals surface area contributed by atoms with Gasteiger partial charge in [0.25, 0.3) is 0 Å². The van der Waals surface area contributed by atoms with E-state index in [0.29, 0.717) is 0 Å². The molecule has 3 nitrogen and oxygen atoms in total. The largest absolute Gasteiger partial charge is 0.460 e. The van der Waals surface area contributed by atoms with Crippen LogP contribution in [-0.2, 0) is 9.53 Å². The molecule has 1 N–H and O–H groups in total. The highest BCUT2D eigenvalue weighted by Gasteiger charge is 2.40. The molecular formula is C9H16O3. The van der Waals surface area contributed by atoms with Gasteiger partial charge in [0.15, 0.2) is 0 Å². The summed E-state index contributed by atoms with van der Waals surface area (Å²) in [7, 11) is 0. The molecule has 0 amide bonds. The molecule has 0 bridgehead atoms. The molecule has 1 fully saturated rings. The number of hydrogen-bond donors (Lipinski definition) is 1. The fourth-order valence-electron chi connectivity index (χ4n) is 1.52. The number of aliphatic hydroxyl groups is 1. The monoisotopic (exact) mass is 172 g/mol. The van der Waals surface area contributed by atoms with E-state index in [1.54, 1.807) is 6.92 Å². The number of esters is 1. The molecule has 0 aromatic rings. The van der Waals surface area contributed by atoms with Crippen LogP contribution in [0.3, 0.4) is 0 Å². The Morgan fingerprint density at radius 1 is 1.58 bits per heavy atom. The zero-order valence-corrected chi connectivity index (χ0v) is 7.62. The number of carbonyl (C=O) groups excluding carboxylic acids is 1. The third-order valence-electron chi connectivity index (χ3n) is 2.37. The lowest BCUT2D eigenvalue weighted by molar-refractivity contribution is -0.143. The SMILES string of the molecule is CCCC[C@@H]1C(=O)O[C@H](C)[C@H]1O. The minimum atomic E-state index is -0.593. The lowest BCUT2D eigenvalue weighted by atomic mass is 9.96. The van der Waals surface area contributed by atoms with Gasteiger partial charge < -0.3 is 9.84 Å². The summed E-state index contributed by atoms with van der Waals surface area (Å²) in [5.41, 5.74) is 0. The molecule has 0 radical (unpaired) electrons. The summed E-state index contributed by atoms with van der Waals surface area (Å²) in [5, 5.41) is 9.51. The van der Waals surface area contributed by atoms with Gasteiger partial charge in [-0.3, -0.25) is 4.79 Å². The Labute approximate surface area is 72.7 Å². The fraction of sp³-hybridized carbons (Fsp3) is 0.889. The summed E-state index contributed by atoms with van der Waals surface area (Å²) in [4.78, 5) is 11.1. The van der Waals surface area contributed by atoms with Gasteiger partial charge in [-0.2, -0.15) is 0 Å². The smallest absolute Gasteiger partial charge is 0.312 e. The highest BCUT2D eigenvalue weighted by Crippen LogP contribution is 2.25. The average molecular weight is 172 g/mol. The van der Waals surface area contributed by atoms with Gasteiger partial charge in [-0.25, -0.2) is 0 Å². The number of rotatable bonds is 3. The Morgan fingerprint density at radius 2 is 2.25 bits per heavy atom. The van der Waals surface area contributed by atoms with Crippen molar-refractivity contribution in [2.75, 3.05) is 0 Å². The van der Waals surface area contributed by atoms with Gasteiger partial charge in [0.05, 0.1) is 5.92 Å². The topological polar surface area (TPSA) is 46.5 Å². The van der Waals surface area contributed by atoms with Crippen molar-refractivity contribution in [3.63, 3.8) is 0 Å². The van der Waals surface area contributed by atoms with Crippen LogP contribution < -0.4 is 0 Å². The predicted molar refractivity (Wildman–Crippen MR) is 44.6 cm³/mol. The van der Waals surface area contributed by atoms with Crippen molar-refractivity contribution in [2.24, 2.45) is 5.92 Å². The van der Waals surface area contributed by atoms with Crippen LogP contribution in [0.4, 0.5) is 0 Å². The Hall–Kier alpha value is -0.570. The van der Waals surface area contributed by atoms with E-state index in [1.165, 1.54) is 0 Å². The van der Waals surface area contributed by atoms with Crippen LogP contribution in [0.1, 0.15) is 33.1 Å². The van der Waals surface area contributed by atoms with E-state index in [2.05, 4.69) is 6.92 Å². The summed E-state index contributed by atoms with van der Waals surface area (Å²) < 4.78 is 4.89. The summed E-state index contributed by atoms with van der Waals surface area (Å²) in [5.74, 6) is -0.511. The minimum Gasteiger partial charge on any atom is -0.460 e. The summed E-state index contributed by atoms with van der Waals surface area (Å²) in [6, 6.07) is 0. The second-order valence-corrected chi connectivity index (χ2v) is 3.38. The van der Waals surface area contributed by atoms with Gasteiger partial charge in [0.1, 0.15) is 12.2 Å². The van der Waals surface area contributed by atoms with Crippen LogP contribution >= 0.6 is 0 Å². The maximum absolute atomic E-state index is 11.1. The maximum atomic E-state index is 11.1. The zero-order valence-electron chi connectivity index (χ0n) is 7.62. The molecule has 3 atom stereocenters. The van der Waals surface area contributed by atoms with E-state index >= 15 is 0 Å². The Bertz CT molecular complexity index is 167. The van der Waals surface area contributed by atoms with E-state index in [-0.39, 0.29) is 18.0 Å². The molecule has 1 aliphatic rings. The Morgan fingerprint density at radius 3 is 2.67 bits per heavy atom. The quantitative estimate of drug-likeness (QED) is 0.648. The summed E-state index contributed by atoms with van der Waals surface area (Å²) >= 11 is 0. The summed E-state index contributed by atoms with van der Waals surface area (Å²) in [6.07, 6.45) is 1.86. The molecule has 0 unspecified atom stereocenters. The first-order chi connectivity index (χ1) is 5.66. The molecule has 1 saturated heterocycles. The molecule has 3 heteroatoms. The van der Waals surface area contributed by atoms with Crippen molar-refractivity contribution in [3.8, 4) is 0 Å². The summed E-state index contributed by atoms with van der Waals surface area (Å²) in [6.45, 7) is 3.80. The second kappa shape index (κ2) is 3.90. The van der Waals surface area contributed by atoms with Crippen LogP contribution in [-0.4, -0.2) is 23.3 Å². The van der Waals surface area contributed by atoms with Gasteiger partial charge in [0.2, 0.25) is 0 Å². The van der Waals surface area contributed by atoms with Gasteiger partial charge in [-0.05, 0) is 13.3 Å². The van der Waals surface area contributed by atoms with Gasteiger partial charge in [0, 0.05) is 0 Å². The average Bonchev–Trinajstić information content (AvgIpc) is 2.25. The van der Waals surface area contributed by atoms with Crippen LogP contribution in [0, 0.1) is 5.92 Å².